The van der Waals surface area contributed by atoms with Gasteiger partial charge in [0.2, 0.25) is 0 Å². The first kappa shape index (κ1) is 24.7. The van der Waals surface area contributed by atoms with E-state index in [0.717, 1.165) is 17.2 Å². The van der Waals surface area contributed by atoms with E-state index in [1.165, 1.54) is 21.1 Å². The Morgan fingerprint density at radius 2 is 1.06 bits per heavy atom. The van der Waals surface area contributed by atoms with Gasteiger partial charge in [-0.15, -0.1) is 0 Å². The molecule has 0 aromatic heterocycles. The van der Waals surface area contributed by atoms with Crippen molar-refractivity contribution in [2.75, 3.05) is 0 Å². The van der Waals surface area contributed by atoms with E-state index in [1.54, 1.807) is 0 Å². The van der Waals surface area contributed by atoms with Gasteiger partial charge in [0.15, 0.2) is 8.07 Å². The molecule has 0 amide bonds. The third-order valence-electron chi connectivity index (χ3n) is 6.88. The van der Waals surface area contributed by atoms with Crippen LogP contribution in [0.4, 0.5) is 0 Å². The molecular weight excluding hydrogens is 440 g/mol. The highest BCUT2D eigenvalue weighted by molar-refractivity contribution is 7.16. The summed E-state index contributed by atoms with van der Waals surface area (Å²) >= 11 is 0. The first-order chi connectivity index (χ1) is 17.0. The molecule has 4 aromatic carbocycles. The average Bonchev–Trinajstić information content (AvgIpc) is 2.91. The maximum Gasteiger partial charge on any atom is 0.178 e. The van der Waals surface area contributed by atoms with E-state index in [9.17, 15) is 5.11 Å². The topological polar surface area (TPSA) is 20.2 Å². The molecular formula is C33H34OSi. The highest BCUT2D eigenvalue weighted by atomic mass is 28.3. The van der Waals surface area contributed by atoms with Gasteiger partial charge in [-0.1, -0.05) is 140 Å². The van der Waals surface area contributed by atoms with Crippen molar-refractivity contribution in [2.24, 2.45) is 0 Å². The standard InChI is InChI=1S/C33H34OSi/c1-27(2)17-16-26-33(34,29-18-8-4-9-19-29)28(3)35(30-20-10-5-11-21-30,31-22-12-6-13-23-31)32-24-14-7-15-25-32/h4-15,17-25,34H,3,16,26H2,1-2H3. The summed E-state index contributed by atoms with van der Waals surface area (Å²) in [7, 11) is -2.89. The number of hydrogen-bond acceptors (Lipinski definition) is 1. The molecule has 35 heavy (non-hydrogen) atoms. The Bertz CT molecular complexity index is 1160. The Labute approximate surface area is 211 Å². The maximum atomic E-state index is 12.7. The van der Waals surface area contributed by atoms with Crippen LogP contribution in [0.2, 0.25) is 0 Å². The molecule has 4 rings (SSSR count). The van der Waals surface area contributed by atoms with Crippen LogP contribution >= 0.6 is 0 Å². The lowest BCUT2D eigenvalue weighted by Crippen LogP contribution is -2.71. The molecule has 0 saturated carbocycles. The predicted octanol–water partition coefficient (Wildman–Crippen LogP) is 5.89. The minimum absolute atomic E-state index is 0.572. The highest BCUT2D eigenvalue weighted by Gasteiger charge is 2.50. The maximum absolute atomic E-state index is 12.7. The van der Waals surface area contributed by atoms with E-state index >= 15 is 0 Å². The van der Waals surface area contributed by atoms with Crippen LogP contribution in [-0.2, 0) is 5.60 Å². The van der Waals surface area contributed by atoms with Crippen LogP contribution in [0, 0.1) is 0 Å². The van der Waals surface area contributed by atoms with Gasteiger partial charge in [0.25, 0.3) is 0 Å². The van der Waals surface area contributed by atoms with E-state index in [0.29, 0.717) is 6.42 Å². The Kier molecular flexibility index (Phi) is 7.65. The summed E-state index contributed by atoms with van der Waals surface area (Å²) in [5.74, 6) is 0. The number of benzene rings is 4. The molecule has 0 spiro atoms. The van der Waals surface area contributed by atoms with Crippen molar-refractivity contribution in [3.05, 3.63) is 150 Å². The van der Waals surface area contributed by atoms with Crippen LogP contribution in [0.5, 0.6) is 0 Å². The summed E-state index contributed by atoms with van der Waals surface area (Å²) in [5, 5.41) is 17.2. The van der Waals surface area contributed by atoms with Gasteiger partial charge in [-0.05, 0) is 53.0 Å². The minimum atomic E-state index is -2.89. The van der Waals surface area contributed by atoms with Crippen molar-refractivity contribution >= 4 is 23.6 Å². The van der Waals surface area contributed by atoms with Crippen LogP contribution in [0.25, 0.3) is 0 Å². The number of hydrogen-bond donors (Lipinski definition) is 1. The molecule has 0 aliphatic carbocycles. The van der Waals surface area contributed by atoms with Gasteiger partial charge >= 0.3 is 0 Å². The zero-order valence-electron chi connectivity index (χ0n) is 20.7. The molecule has 176 valence electrons. The Balaban J connectivity index is 2.04. The van der Waals surface area contributed by atoms with Crippen LogP contribution in [-0.4, -0.2) is 13.2 Å². The summed E-state index contributed by atoms with van der Waals surface area (Å²) in [6.07, 6.45) is 3.55. The molecule has 1 nitrogen and oxygen atoms in total. The van der Waals surface area contributed by atoms with Crippen molar-refractivity contribution in [1.82, 2.24) is 0 Å². The fraction of sp³-hybridized carbons (Fsp3) is 0.152. The van der Waals surface area contributed by atoms with Crippen molar-refractivity contribution in [2.45, 2.75) is 32.3 Å². The van der Waals surface area contributed by atoms with E-state index in [2.05, 4.69) is 111 Å². The third kappa shape index (κ3) is 4.86. The monoisotopic (exact) mass is 474 g/mol. The van der Waals surface area contributed by atoms with Gasteiger partial charge in [-0.2, -0.15) is 0 Å². The molecule has 0 heterocycles. The van der Waals surface area contributed by atoms with Crippen molar-refractivity contribution in [1.29, 1.82) is 0 Å². The van der Waals surface area contributed by atoms with Gasteiger partial charge in [-0.25, -0.2) is 0 Å². The van der Waals surface area contributed by atoms with Crippen LogP contribution in [0.3, 0.4) is 0 Å². The fourth-order valence-electron chi connectivity index (χ4n) is 5.15. The molecule has 4 aromatic rings. The molecule has 1 N–H and O–H groups in total. The van der Waals surface area contributed by atoms with E-state index in [1.807, 2.05) is 30.3 Å². The lowest BCUT2D eigenvalue weighted by molar-refractivity contribution is 0.0749. The average molecular weight is 475 g/mol. The SMILES string of the molecule is C=C(C(O)(CCC=C(C)C)c1ccccc1)[Si](c1ccccc1)(c1ccccc1)c1ccccc1. The summed E-state index contributed by atoms with van der Waals surface area (Å²) < 4.78 is 0. The van der Waals surface area contributed by atoms with Crippen molar-refractivity contribution in [3.8, 4) is 0 Å². The summed E-state index contributed by atoms with van der Waals surface area (Å²) in [6, 6.07) is 42.1. The number of rotatable bonds is 9. The summed E-state index contributed by atoms with van der Waals surface area (Å²) in [6.45, 7) is 9.00. The molecule has 0 aliphatic heterocycles. The van der Waals surface area contributed by atoms with Gasteiger partial charge in [0.1, 0.15) is 5.60 Å². The smallest absolute Gasteiger partial charge is 0.178 e. The largest absolute Gasteiger partial charge is 0.381 e. The second-order valence-electron chi connectivity index (χ2n) is 9.37. The normalized spacial score (nSPS) is 13.0. The first-order valence-electron chi connectivity index (χ1n) is 12.3. The Morgan fingerprint density at radius 1 is 0.686 bits per heavy atom. The fourth-order valence-corrected chi connectivity index (χ4v) is 10.2. The molecule has 0 saturated heterocycles. The zero-order chi connectivity index (χ0) is 24.7. The second kappa shape index (κ2) is 10.9. The van der Waals surface area contributed by atoms with E-state index in [4.69, 9.17) is 6.58 Å². The van der Waals surface area contributed by atoms with E-state index < -0.39 is 13.7 Å². The third-order valence-corrected chi connectivity index (χ3v) is 11.8. The van der Waals surface area contributed by atoms with Crippen LogP contribution < -0.4 is 15.6 Å². The van der Waals surface area contributed by atoms with Gasteiger partial charge in [0.05, 0.1) is 0 Å². The Hall–Kier alpha value is -3.46. The molecule has 0 aliphatic rings. The van der Waals surface area contributed by atoms with Gasteiger partial charge < -0.3 is 5.11 Å². The zero-order valence-corrected chi connectivity index (χ0v) is 21.7. The van der Waals surface area contributed by atoms with Crippen molar-refractivity contribution < 1.29 is 5.11 Å². The molecule has 0 fully saturated rings. The molecule has 0 radical (unpaired) electrons. The minimum Gasteiger partial charge on any atom is -0.381 e. The highest BCUT2D eigenvalue weighted by Crippen LogP contribution is 2.38. The lowest BCUT2D eigenvalue weighted by atomic mass is 9.88. The first-order valence-corrected chi connectivity index (χ1v) is 14.3. The Morgan fingerprint density at radius 3 is 1.43 bits per heavy atom. The molecule has 2 heteroatoms. The van der Waals surface area contributed by atoms with Gasteiger partial charge in [-0.3, -0.25) is 0 Å². The van der Waals surface area contributed by atoms with Crippen molar-refractivity contribution in [3.63, 3.8) is 0 Å². The van der Waals surface area contributed by atoms with Gasteiger partial charge in [0, 0.05) is 0 Å². The molecule has 1 atom stereocenters. The quantitative estimate of drug-likeness (QED) is 0.182. The van der Waals surface area contributed by atoms with Crippen LogP contribution in [0.15, 0.2) is 145 Å². The van der Waals surface area contributed by atoms with E-state index in [-0.39, 0.29) is 0 Å². The number of aliphatic hydroxyl groups is 1. The molecule has 1 unspecified atom stereocenters. The van der Waals surface area contributed by atoms with Crippen LogP contribution in [0.1, 0.15) is 32.3 Å². The second-order valence-corrected chi connectivity index (χ2v) is 13.2. The summed E-state index contributed by atoms with van der Waals surface area (Å²) in [4.78, 5) is 0. The lowest BCUT2D eigenvalue weighted by Gasteiger charge is -2.43. The predicted molar refractivity (Wildman–Crippen MR) is 152 cm³/mol. The number of allylic oxidation sites excluding steroid dienone is 2. The summed E-state index contributed by atoms with van der Waals surface area (Å²) in [5.41, 5.74) is 0.955. The molecule has 0 bridgehead atoms.